The number of nitrogens with one attached hydrogen (secondary N) is 1. The molecule has 2 aromatic carbocycles. The molecule has 1 N–H and O–H groups in total. The van der Waals surface area contributed by atoms with Crippen LogP contribution in [0, 0.1) is 11.6 Å². The summed E-state index contributed by atoms with van der Waals surface area (Å²) in [7, 11) is -3.72. The Morgan fingerprint density at radius 1 is 1.03 bits per heavy atom. The van der Waals surface area contributed by atoms with E-state index in [1.165, 1.54) is 28.6 Å². The van der Waals surface area contributed by atoms with E-state index >= 15 is 0 Å². The Kier molecular flexibility index (Phi) is 6.78. The molecule has 1 fully saturated rings. The van der Waals surface area contributed by atoms with Crippen molar-refractivity contribution in [1.82, 2.24) is 4.31 Å². The molecule has 1 heterocycles. The van der Waals surface area contributed by atoms with Gasteiger partial charge in [0.2, 0.25) is 10.0 Å². The van der Waals surface area contributed by atoms with Gasteiger partial charge < -0.3 is 10.1 Å². The molecule has 0 unspecified atom stereocenters. The smallest absolute Gasteiger partial charge is 0.338 e. The number of hydrogen-bond donors (Lipinski definition) is 1. The summed E-state index contributed by atoms with van der Waals surface area (Å²) in [4.78, 5) is 24.1. The molecule has 30 heavy (non-hydrogen) atoms. The van der Waals surface area contributed by atoms with E-state index in [1.807, 2.05) is 0 Å². The molecule has 2 aromatic rings. The molecule has 1 amide bonds. The van der Waals surface area contributed by atoms with Crippen molar-refractivity contribution in [3.8, 4) is 0 Å². The second kappa shape index (κ2) is 9.31. The van der Waals surface area contributed by atoms with Crippen molar-refractivity contribution in [3.63, 3.8) is 0 Å². The zero-order valence-corrected chi connectivity index (χ0v) is 16.8. The second-order valence-corrected chi connectivity index (χ2v) is 8.68. The molecule has 0 spiro atoms. The van der Waals surface area contributed by atoms with E-state index in [2.05, 4.69) is 5.32 Å². The van der Waals surface area contributed by atoms with Gasteiger partial charge in [0, 0.05) is 19.2 Å². The van der Waals surface area contributed by atoms with E-state index in [9.17, 15) is 26.8 Å². The summed E-state index contributed by atoms with van der Waals surface area (Å²) in [6.07, 6.45) is 2.54. The van der Waals surface area contributed by atoms with E-state index in [1.54, 1.807) is 0 Å². The van der Waals surface area contributed by atoms with Gasteiger partial charge in [-0.1, -0.05) is 12.5 Å². The van der Waals surface area contributed by atoms with Crippen LogP contribution in [0.15, 0.2) is 47.4 Å². The van der Waals surface area contributed by atoms with Crippen LogP contribution in [0.3, 0.4) is 0 Å². The van der Waals surface area contributed by atoms with Gasteiger partial charge in [-0.15, -0.1) is 0 Å². The first-order chi connectivity index (χ1) is 14.3. The molecule has 0 radical (unpaired) electrons. The number of carbonyl (C=O) groups excluding carboxylic acids is 2. The fourth-order valence-corrected chi connectivity index (χ4v) is 4.59. The van der Waals surface area contributed by atoms with Crippen LogP contribution in [0.1, 0.15) is 29.6 Å². The monoisotopic (exact) mass is 438 g/mol. The fourth-order valence-electron chi connectivity index (χ4n) is 3.03. The van der Waals surface area contributed by atoms with Crippen LogP contribution in [0.2, 0.25) is 0 Å². The highest BCUT2D eigenvalue weighted by Crippen LogP contribution is 2.21. The molecular formula is C20H20F2N2O5S. The minimum absolute atomic E-state index is 0.0308. The normalized spacial score (nSPS) is 14.9. The van der Waals surface area contributed by atoms with Crippen molar-refractivity contribution in [2.24, 2.45) is 0 Å². The molecule has 1 aliphatic heterocycles. The summed E-state index contributed by atoms with van der Waals surface area (Å²) < 4.78 is 58.2. The molecular weight excluding hydrogens is 418 g/mol. The maximum atomic E-state index is 13.6. The number of hydrogen-bond acceptors (Lipinski definition) is 5. The quantitative estimate of drug-likeness (QED) is 0.700. The molecule has 160 valence electrons. The Morgan fingerprint density at radius 3 is 2.47 bits per heavy atom. The van der Waals surface area contributed by atoms with Gasteiger partial charge >= 0.3 is 5.97 Å². The Labute approximate surface area is 172 Å². The predicted octanol–water partition coefficient (Wildman–Crippen LogP) is 2.93. The van der Waals surface area contributed by atoms with E-state index in [0.717, 1.165) is 31.4 Å². The highest BCUT2D eigenvalue weighted by atomic mass is 32.2. The predicted molar refractivity (Wildman–Crippen MR) is 104 cm³/mol. The Balaban J connectivity index is 1.63. The van der Waals surface area contributed by atoms with Crippen molar-refractivity contribution in [2.45, 2.75) is 24.2 Å². The van der Waals surface area contributed by atoms with Crippen LogP contribution >= 0.6 is 0 Å². The number of piperidine rings is 1. The molecule has 7 nitrogen and oxygen atoms in total. The first kappa shape index (κ1) is 21.8. The summed E-state index contributed by atoms with van der Waals surface area (Å²) in [6, 6.07) is 8.00. The zero-order chi connectivity index (χ0) is 21.7. The average Bonchev–Trinajstić information content (AvgIpc) is 2.74. The first-order valence-corrected chi connectivity index (χ1v) is 10.7. The number of benzene rings is 2. The highest BCUT2D eigenvalue weighted by Gasteiger charge is 2.26. The lowest BCUT2D eigenvalue weighted by molar-refractivity contribution is -0.119. The summed E-state index contributed by atoms with van der Waals surface area (Å²) >= 11 is 0. The molecule has 0 saturated carbocycles. The highest BCUT2D eigenvalue weighted by molar-refractivity contribution is 7.89. The molecule has 3 rings (SSSR count). The number of anilines is 1. The number of nitrogens with zero attached hydrogens (tertiary/aromatic N) is 1. The Hall–Kier alpha value is -2.85. The molecule has 0 aliphatic carbocycles. The molecule has 0 bridgehead atoms. The number of rotatable bonds is 6. The number of ether oxygens (including phenoxy) is 1. The number of esters is 1. The average molecular weight is 438 g/mol. The third kappa shape index (κ3) is 5.19. The van der Waals surface area contributed by atoms with Crippen molar-refractivity contribution in [1.29, 1.82) is 0 Å². The van der Waals surface area contributed by atoms with Gasteiger partial charge in [0.05, 0.1) is 16.1 Å². The minimum atomic E-state index is -3.72. The second-order valence-electron chi connectivity index (χ2n) is 6.74. The van der Waals surface area contributed by atoms with Crippen LogP contribution in [-0.4, -0.2) is 44.3 Å². The number of halogens is 2. The van der Waals surface area contributed by atoms with Crippen LogP contribution in [0.25, 0.3) is 0 Å². The largest absolute Gasteiger partial charge is 0.452 e. The maximum absolute atomic E-state index is 13.6. The summed E-state index contributed by atoms with van der Waals surface area (Å²) in [5, 5.41) is 2.16. The lowest BCUT2D eigenvalue weighted by atomic mass is 10.2. The van der Waals surface area contributed by atoms with Gasteiger partial charge in [-0.25, -0.2) is 22.0 Å². The first-order valence-electron chi connectivity index (χ1n) is 9.29. The Bertz CT molecular complexity index is 1050. The van der Waals surface area contributed by atoms with Crippen LogP contribution < -0.4 is 5.32 Å². The van der Waals surface area contributed by atoms with Gasteiger partial charge in [-0.05, 0) is 43.2 Å². The van der Waals surface area contributed by atoms with Crippen molar-refractivity contribution in [2.75, 3.05) is 25.0 Å². The molecule has 1 saturated heterocycles. The van der Waals surface area contributed by atoms with Crippen LogP contribution in [0.5, 0.6) is 0 Å². The van der Waals surface area contributed by atoms with E-state index in [0.29, 0.717) is 19.2 Å². The van der Waals surface area contributed by atoms with Crippen molar-refractivity contribution >= 4 is 27.6 Å². The summed E-state index contributed by atoms with van der Waals surface area (Å²) in [6.45, 7) is 0.132. The van der Waals surface area contributed by atoms with Crippen molar-refractivity contribution < 1.29 is 31.5 Å². The van der Waals surface area contributed by atoms with E-state index in [4.69, 9.17) is 4.74 Å². The number of amides is 1. The SMILES string of the molecule is O=C(COC(=O)c1cccc(S(=O)(=O)N2CCCCC2)c1)Nc1ccc(F)cc1F. The number of sulfonamides is 1. The third-order valence-electron chi connectivity index (χ3n) is 4.56. The summed E-state index contributed by atoms with van der Waals surface area (Å²) in [5.74, 6) is -3.49. The number of carbonyl (C=O) groups is 2. The van der Waals surface area contributed by atoms with Gasteiger partial charge in [0.15, 0.2) is 6.61 Å². The molecule has 0 aromatic heterocycles. The summed E-state index contributed by atoms with van der Waals surface area (Å²) in [5.41, 5.74) is -0.291. The maximum Gasteiger partial charge on any atom is 0.338 e. The topological polar surface area (TPSA) is 92.8 Å². The van der Waals surface area contributed by atoms with E-state index in [-0.39, 0.29) is 16.1 Å². The zero-order valence-electron chi connectivity index (χ0n) is 15.9. The fraction of sp³-hybridized carbons (Fsp3) is 0.300. The van der Waals surface area contributed by atoms with Gasteiger partial charge in [-0.3, -0.25) is 4.79 Å². The minimum Gasteiger partial charge on any atom is -0.452 e. The van der Waals surface area contributed by atoms with Gasteiger partial charge in [-0.2, -0.15) is 4.31 Å². The van der Waals surface area contributed by atoms with Crippen LogP contribution in [0.4, 0.5) is 14.5 Å². The molecule has 0 atom stereocenters. The van der Waals surface area contributed by atoms with Gasteiger partial charge in [0.1, 0.15) is 11.6 Å². The Morgan fingerprint density at radius 2 is 1.77 bits per heavy atom. The standard InChI is InChI=1S/C20H20F2N2O5S/c21-15-7-8-18(17(22)12-15)23-19(25)13-29-20(26)14-5-4-6-16(11-14)30(27,28)24-9-2-1-3-10-24/h4-8,11-12H,1-3,9-10,13H2,(H,23,25). The van der Waals surface area contributed by atoms with Gasteiger partial charge in [0.25, 0.3) is 5.91 Å². The third-order valence-corrected chi connectivity index (χ3v) is 6.46. The lowest BCUT2D eigenvalue weighted by Gasteiger charge is -2.25. The molecule has 10 heteroatoms. The van der Waals surface area contributed by atoms with E-state index < -0.39 is 40.1 Å². The molecule has 1 aliphatic rings. The lowest BCUT2D eigenvalue weighted by Crippen LogP contribution is -2.35. The van der Waals surface area contributed by atoms with Crippen molar-refractivity contribution in [3.05, 3.63) is 59.7 Å². The van der Waals surface area contributed by atoms with Crippen LogP contribution in [-0.2, 0) is 19.6 Å².